The highest BCUT2D eigenvalue weighted by atomic mass is 16.6. The lowest BCUT2D eigenvalue weighted by Gasteiger charge is -2.25. The van der Waals surface area contributed by atoms with Crippen molar-refractivity contribution < 1.29 is 14.3 Å². The van der Waals surface area contributed by atoms with Crippen molar-refractivity contribution in [2.24, 2.45) is 5.92 Å². The zero-order valence-electron chi connectivity index (χ0n) is 11.7. The van der Waals surface area contributed by atoms with E-state index < -0.39 is 17.2 Å². The molecule has 1 aliphatic carbocycles. The molecule has 102 valence electrons. The van der Waals surface area contributed by atoms with Crippen molar-refractivity contribution in [2.75, 3.05) is 6.61 Å². The highest BCUT2D eigenvalue weighted by molar-refractivity contribution is 5.70. The molecule has 0 spiro atoms. The lowest BCUT2D eigenvalue weighted by molar-refractivity contribution is 0.0479. The number of carbonyl (C=O) groups excluding carboxylic acids is 1. The molecule has 0 saturated heterocycles. The Kier molecular flexibility index (Phi) is 4.09. The van der Waals surface area contributed by atoms with Crippen LogP contribution in [0.2, 0.25) is 0 Å². The van der Waals surface area contributed by atoms with Crippen LogP contribution < -0.4 is 5.32 Å². The van der Waals surface area contributed by atoms with Gasteiger partial charge in [-0.05, 0) is 34.1 Å². The number of ether oxygens (including phenoxy) is 2. The normalized spacial score (nSPS) is 26.1. The van der Waals surface area contributed by atoms with Crippen LogP contribution in [0.25, 0.3) is 0 Å². The topological polar surface area (TPSA) is 47.6 Å². The smallest absolute Gasteiger partial charge is 0.408 e. The molecule has 1 N–H and O–H groups in total. The molecule has 1 aliphatic rings. The maximum atomic E-state index is 11.8. The van der Waals surface area contributed by atoms with E-state index in [4.69, 9.17) is 9.47 Å². The van der Waals surface area contributed by atoms with Crippen molar-refractivity contribution in [1.29, 1.82) is 0 Å². The van der Waals surface area contributed by atoms with Crippen LogP contribution in [0.1, 0.15) is 34.1 Å². The van der Waals surface area contributed by atoms with Crippen LogP contribution in [-0.4, -0.2) is 23.8 Å². The van der Waals surface area contributed by atoms with Crippen LogP contribution in [0.4, 0.5) is 4.79 Å². The van der Waals surface area contributed by atoms with E-state index in [1.807, 2.05) is 33.8 Å². The highest BCUT2D eigenvalue weighted by Gasteiger charge is 2.57. The Morgan fingerprint density at radius 2 is 2.17 bits per heavy atom. The van der Waals surface area contributed by atoms with E-state index in [-0.39, 0.29) is 5.92 Å². The van der Waals surface area contributed by atoms with Crippen molar-refractivity contribution in [3.63, 3.8) is 0 Å². The second-order valence-electron chi connectivity index (χ2n) is 5.50. The van der Waals surface area contributed by atoms with Gasteiger partial charge in [0.25, 0.3) is 0 Å². The van der Waals surface area contributed by atoms with Crippen LogP contribution in [0.3, 0.4) is 0 Å². The zero-order chi connectivity index (χ0) is 14.0. The van der Waals surface area contributed by atoms with Gasteiger partial charge >= 0.3 is 6.09 Å². The molecule has 1 fully saturated rings. The quantitative estimate of drug-likeness (QED) is 0.605. The molecule has 0 aromatic heterocycles. The molecule has 0 aliphatic heterocycles. The van der Waals surface area contributed by atoms with Crippen LogP contribution in [-0.2, 0) is 9.47 Å². The monoisotopic (exact) mass is 253 g/mol. The minimum absolute atomic E-state index is 0.157. The Hall–Kier alpha value is -1.45. The predicted octanol–water partition coefficient (Wildman–Crippen LogP) is 3.01. The fraction of sp³-hybridized carbons (Fsp3) is 0.643. The van der Waals surface area contributed by atoms with Gasteiger partial charge in [0.05, 0.1) is 6.61 Å². The molecule has 0 radical (unpaired) electrons. The standard InChI is InChI=1S/C14H23NO3/c1-7-11-9-14(11,10(3)17-8-2)15-12(16)18-13(4,5)6/h7,11H,1,3,8-9H2,2,4-6H3,(H,15,16)/t11-,14+/m1/s1. The first-order valence-electron chi connectivity index (χ1n) is 6.21. The first-order valence-corrected chi connectivity index (χ1v) is 6.21. The van der Waals surface area contributed by atoms with Crippen LogP contribution >= 0.6 is 0 Å². The van der Waals surface area contributed by atoms with E-state index in [1.54, 1.807) is 0 Å². The van der Waals surface area contributed by atoms with Crippen molar-refractivity contribution in [2.45, 2.75) is 45.3 Å². The van der Waals surface area contributed by atoms with Crippen molar-refractivity contribution in [3.05, 3.63) is 25.0 Å². The summed E-state index contributed by atoms with van der Waals surface area (Å²) in [5.41, 5.74) is -1.06. The molecular formula is C14H23NO3. The first-order chi connectivity index (χ1) is 8.25. The summed E-state index contributed by atoms with van der Waals surface area (Å²) in [5, 5.41) is 2.85. The second-order valence-corrected chi connectivity index (χ2v) is 5.50. The Balaban J connectivity index is 2.68. The third-order valence-corrected chi connectivity index (χ3v) is 2.84. The summed E-state index contributed by atoms with van der Waals surface area (Å²) in [6, 6.07) is 0. The molecule has 18 heavy (non-hydrogen) atoms. The summed E-state index contributed by atoms with van der Waals surface area (Å²) in [4.78, 5) is 11.8. The Morgan fingerprint density at radius 1 is 1.56 bits per heavy atom. The zero-order valence-corrected chi connectivity index (χ0v) is 11.7. The fourth-order valence-corrected chi connectivity index (χ4v) is 1.90. The van der Waals surface area contributed by atoms with E-state index in [0.717, 1.165) is 6.42 Å². The van der Waals surface area contributed by atoms with Gasteiger partial charge in [0.15, 0.2) is 0 Å². The second kappa shape index (κ2) is 5.04. The number of amides is 1. The number of carbonyl (C=O) groups is 1. The molecule has 1 saturated carbocycles. The number of hydrogen-bond acceptors (Lipinski definition) is 3. The highest BCUT2D eigenvalue weighted by Crippen LogP contribution is 2.49. The predicted molar refractivity (Wildman–Crippen MR) is 71.2 cm³/mol. The van der Waals surface area contributed by atoms with E-state index in [1.165, 1.54) is 0 Å². The molecule has 0 aromatic carbocycles. The molecule has 2 atom stereocenters. The minimum Gasteiger partial charge on any atom is -0.496 e. The van der Waals surface area contributed by atoms with Crippen molar-refractivity contribution in [1.82, 2.24) is 5.32 Å². The Labute approximate surface area is 109 Å². The van der Waals surface area contributed by atoms with Crippen molar-refractivity contribution >= 4 is 6.09 Å². The van der Waals surface area contributed by atoms with E-state index >= 15 is 0 Å². The lowest BCUT2D eigenvalue weighted by atomic mass is 10.1. The summed E-state index contributed by atoms with van der Waals surface area (Å²) < 4.78 is 10.7. The third-order valence-electron chi connectivity index (χ3n) is 2.84. The van der Waals surface area contributed by atoms with E-state index in [9.17, 15) is 4.79 Å². The van der Waals surface area contributed by atoms with Gasteiger partial charge in [-0.25, -0.2) is 4.79 Å². The fourth-order valence-electron chi connectivity index (χ4n) is 1.90. The van der Waals surface area contributed by atoms with Gasteiger partial charge in [0, 0.05) is 5.92 Å². The Morgan fingerprint density at radius 3 is 2.56 bits per heavy atom. The first kappa shape index (κ1) is 14.6. The summed E-state index contributed by atoms with van der Waals surface area (Å²) in [5.74, 6) is 0.727. The summed E-state index contributed by atoms with van der Waals surface area (Å²) in [6.07, 6.45) is 2.11. The number of hydrogen-bond donors (Lipinski definition) is 1. The van der Waals surface area contributed by atoms with E-state index in [0.29, 0.717) is 12.4 Å². The maximum Gasteiger partial charge on any atom is 0.408 e. The van der Waals surface area contributed by atoms with Gasteiger partial charge in [-0.15, -0.1) is 6.58 Å². The summed E-state index contributed by atoms with van der Waals surface area (Å²) in [6.45, 7) is 15.5. The number of nitrogens with one attached hydrogen (secondary N) is 1. The van der Waals surface area contributed by atoms with Crippen molar-refractivity contribution in [3.8, 4) is 0 Å². The molecular weight excluding hydrogens is 230 g/mol. The molecule has 0 bridgehead atoms. The molecule has 1 rings (SSSR count). The van der Waals surface area contributed by atoms with Crippen LogP contribution in [0.15, 0.2) is 25.0 Å². The third kappa shape index (κ3) is 3.28. The number of rotatable bonds is 5. The van der Waals surface area contributed by atoms with Crippen LogP contribution in [0.5, 0.6) is 0 Å². The number of alkyl carbamates (subject to hydrolysis) is 1. The van der Waals surface area contributed by atoms with Gasteiger partial charge in [-0.3, -0.25) is 0 Å². The molecule has 0 aromatic rings. The van der Waals surface area contributed by atoms with E-state index in [2.05, 4.69) is 18.5 Å². The largest absolute Gasteiger partial charge is 0.496 e. The lowest BCUT2D eigenvalue weighted by Crippen LogP contribution is -2.43. The SMILES string of the molecule is C=C[C@@H]1C[C@]1(NC(=O)OC(C)(C)C)C(=C)OCC. The molecule has 4 heteroatoms. The maximum absolute atomic E-state index is 11.8. The molecule has 0 heterocycles. The minimum atomic E-state index is -0.542. The summed E-state index contributed by atoms with van der Waals surface area (Å²) >= 11 is 0. The molecule has 0 unspecified atom stereocenters. The average Bonchev–Trinajstić information content (AvgIpc) is 2.90. The Bertz CT molecular complexity index is 357. The molecule has 1 amide bonds. The van der Waals surface area contributed by atoms with Gasteiger partial charge in [0.2, 0.25) is 0 Å². The molecule has 4 nitrogen and oxygen atoms in total. The van der Waals surface area contributed by atoms with Gasteiger partial charge in [-0.2, -0.15) is 0 Å². The van der Waals surface area contributed by atoms with Gasteiger partial charge in [-0.1, -0.05) is 12.7 Å². The summed E-state index contributed by atoms with van der Waals surface area (Å²) in [7, 11) is 0. The average molecular weight is 253 g/mol. The van der Waals surface area contributed by atoms with Gasteiger partial charge in [0.1, 0.15) is 16.9 Å². The van der Waals surface area contributed by atoms with Crippen LogP contribution in [0, 0.1) is 5.92 Å². The van der Waals surface area contributed by atoms with Gasteiger partial charge < -0.3 is 14.8 Å².